The third-order valence-electron chi connectivity index (χ3n) is 4.86. The molecule has 0 saturated carbocycles. The van der Waals surface area contributed by atoms with E-state index < -0.39 is 0 Å². The van der Waals surface area contributed by atoms with Crippen molar-refractivity contribution in [2.75, 3.05) is 6.61 Å². The maximum absolute atomic E-state index is 12.8. The van der Waals surface area contributed by atoms with Crippen molar-refractivity contribution in [2.45, 2.75) is 45.4 Å². The molecule has 1 aliphatic carbocycles. The Labute approximate surface area is 155 Å². The number of benzene rings is 1. The highest BCUT2D eigenvalue weighted by Gasteiger charge is 2.19. The van der Waals surface area contributed by atoms with Crippen molar-refractivity contribution >= 4 is 21.6 Å². The van der Waals surface area contributed by atoms with Gasteiger partial charge in [-0.2, -0.15) is 0 Å². The van der Waals surface area contributed by atoms with Crippen molar-refractivity contribution in [3.63, 3.8) is 0 Å². The van der Waals surface area contributed by atoms with Crippen LogP contribution in [0.25, 0.3) is 21.6 Å². The van der Waals surface area contributed by atoms with Gasteiger partial charge in [-0.05, 0) is 56.4 Å². The number of phenols is 1. The van der Waals surface area contributed by atoms with Crippen molar-refractivity contribution in [1.29, 1.82) is 0 Å². The number of fused-ring (bicyclic) bond motifs is 3. The van der Waals surface area contributed by atoms with Crippen LogP contribution in [0.3, 0.4) is 0 Å². The second-order valence-electron chi connectivity index (χ2n) is 6.63. The molecule has 0 atom stereocenters. The number of aromatic nitrogens is 2. The number of hydrogen-bond donors (Lipinski definition) is 2. The Hall–Kier alpha value is -2.34. The first-order valence-corrected chi connectivity index (χ1v) is 9.99. The van der Waals surface area contributed by atoms with Gasteiger partial charge in [-0.25, -0.2) is 4.98 Å². The van der Waals surface area contributed by atoms with Crippen LogP contribution in [0.15, 0.2) is 23.0 Å². The summed E-state index contributed by atoms with van der Waals surface area (Å²) < 4.78 is 5.44. The number of aryl methyl sites for hydroxylation is 2. The highest BCUT2D eigenvalue weighted by Crippen LogP contribution is 2.34. The number of aromatic hydroxyl groups is 1. The monoisotopic (exact) mass is 370 g/mol. The first-order valence-electron chi connectivity index (χ1n) is 9.18. The van der Waals surface area contributed by atoms with Crippen molar-refractivity contribution < 1.29 is 9.84 Å². The zero-order chi connectivity index (χ0) is 18.1. The van der Waals surface area contributed by atoms with E-state index >= 15 is 0 Å². The normalized spacial score (nSPS) is 14.7. The molecule has 26 heavy (non-hydrogen) atoms. The van der Waals surface area contributed by atoms with E-state index in [2.05, 4.69) is 4.98 Å². The summed E-state index contributed by atoms with van der Waals surface area (Å²) in [5.74, 6) is 0.988. The van der Waals surface area contributed by atoms with Crippen molar-refractivity contribution in [3.8, 4) is 22.9 Å². The summed E-state index contributed by atoms with van der Waals surface area (Å²) in [5, 5.41) is 10.7. The molecule has 0 fully saturated rings. The largest absolute Gasteiger partial charge is 0.504 e. The van der Waals surface area contributed by atoms with Crippen LogP contribution in [0.4, 0.5) is 0 Å². The molecule has 0 bridgehead atoms. The minimum absolute atomic E-state index is 0.0749. The molecule has 2 heterocycles. The van der Waals surface area contributed by atoms with Crippen LogP contribution in [0.5, 0.6) is 11.5 Å². The van der Waals surface area contributed by atoms with E-state index in [0.29, 0.717) is 18.2 Å². The van der Waals surface area contributed by atoms with E-state index in [4.69, 9.17) is 9.72 Å². The molecule has 0 aliphatic heterocycles. The third kappa shape index (κ3) is 3.09. The molecule has 0 amide bonds. The molecule has 6 heteroatoms. The molecule has 136 valence electrons. The van der Waals surface area contributed by atoms with Crippen LogP contribution < -0.4 is 10.3 Å². The molecule has 4 rings (SSSR count). The van der Waals surface area contributed by atoms with Gasteiger partial charge in [0.2, 0.25) is 0 Å². The van der Waals surface area contributed by atoms with Crippen molar-refractivity contribution in [3.05, 3.63) is 39.0 Å². The second kappa shape index (κ2) is 7.11. The lowest BCUT2D eigenvalue weighted by atomic mass is 9.98. The van der Waals surface area contributed by atoms with Gasteiger partial charge in [-0.15, -0.1) is 11.3 Å². The van der Waals surface area contributed by atoms with E-state index in [0.717, 1.165) is 35.0 Å². The van der Waals surface area contributed by atoms with Gasteiger partial charge < -0.3 is 14.8 Å². The van der Waals surface area contributed by atoms with E-state index in [1.54, 1.807) is 29.5 Å². The smallest absolute Gasteiger partial charge is 0.260 e. The lowest BCUT2D eigenvalue weighted by molar-refractivity contribution is 0.318. The Bertz CT molecular complexity index is 1010. The van der Waals surface area contributed by atoms with E-state index in [1.165, 1.54) is 29.7 Å². The molecule has 0 spiro atoms. The lowest BCUT2D eigenvalue weighted by Gasteiger charge is -2.09. The Morgan fingerprint density at radius 1 is 1.23 bits per heavy atom. The van der Waals surface area contributed by atoms with Crippen LogP contribution in [0.2, 0.25) is 0 Å². The standard InChI is InChI=1S/C20H22N2O3S/c1-2-25-15-11-12(9-10-14(15)23)18-21-19(24)17-13-7-5-3-4-6-8-16(13)26-20(17)22-18/h9-11,23H,2-8H2,1H3,(H,21,22,24). The summed E-state index contributed by atoms with van der Waals surface area (Å²) in [7, 11) is 0. The molecule has 1 aromatic carbocycles. The molecule has 5 nitrogen and oxygen atoms in total. The third-order valence-corrected chi connectivity index (χ3v) is 6.04. The van der Waals surface area contributed by atoms with Gasteiger partial charge in [-0.1, -0.05) is 12.8 Å². The Morgan fingerprint density at radius 3 is 2.85 bits per heavy atom. The van der Waals surface area contributed by atoms with Crippen LogP contribution in [-0.2, 0) is 12.8 Å². The SMILES string of the molecule is CCOc1cc(-c2nc3sc4c(c3c(=O)[nH]2)CCCCCC4)ccc1O. The number of aromatic amines is 1. The number of thiophene rings is 1. The number of phenolic OH excluding ortho intramolecular Hbond substituents is 1. The predicted octanol–water partition coefficient (Wildman–Crippen LogP) is 4.41. The maximum atomic E-state index is 12.8. The van der Waals surface area contributed by atoms with Gasteiger partial charge >= 0.3 is 0 Å². The topological polar surface area (TPSA) is 75.2 Å². The Morgan fingerprint density at radius 2 is 2.04 bits per heavy atom. The first-order chi connectivity index (χ1) is 12.7. The number of nitrogens with one attached hydrogen (secondary N) is 1. The fourth-order valence-corrected chi connectivity index (χ4v) is 4.85. The van der Waals surface area contributed by atoms with Crippen LogP contribution >= 0.6 is 11.3 Å². The molecule has 3 aromatic rings. The molecule has 0 saturated heterocycles. The van der Waals surface area contributed by atoms with Gasteiger partial charge in [0.05, 0.1) is 12.0 Å². The maximum Gasteiger partial charge on any atom is 0.260 e. The van der Waals surface area contributed by atoms with Crippen molar-refractivity contribution in [2.24, 2.45) is 0 Å². The lowest BCUT2D eigenvalue weighted by Crippen LogP contribution is -2.10. The second-order valence-corrected chi connectivity index (χ2v) is 7.71. The molecule has 1 aliphatic rings. The summed E-state index contributed by atoms with van der Waals surface area (Å²) in [6.45, 7) is 2.32. The predicted molar refractivity (Wildman–Crippen MR) is 104 cm³/mol. The fraction of sp³-hybridized carbons (Fsp3) is 0.400. The summed E-state index contributed by atoms with van der Waals surface area (Å²) >= 11 is 1.65. The summed E-state index contributed by atoms with van der Waals surface area (Å²) in [5.41, 5.74) is 1.85. The first kappa shape index (κ1) is 17.1. The molecular weight excluding hydrogens is 348 g/mol. The van der Waals surface area contributed by atoms with E-state index in [9.17, 15) is 9.90 Å². The van der Waals surface area contributed by atoms with Crippen LogP contribution in [-0.4, -0.2) is 21.7 Å². The zero-order valence-corrected chi connectivity index (χ0v) is 15.6. The van der Waals surface area contributed by atoms with Crippen LogP contribution in [0.1, 0.15) is 43.0 Å². The number of ether oxygens (including phenoxy) is 1. The number of nitrogens with zero attached hydrogens (tertiary/aromatic N) is 1. The van der Waals surface area contributed by atoms with Gasteiger partial charge in [0.25, 0.3) is 5.56 Å². The molecule has 2 N–H and O–H groups in total. The van der Waals surface area contributed by atoms with Gasteiger partial charge in [-0.3, -0.25) is 4.79 Å². The number of H-pyrrole nitrogens is 1. The summed E-state index contributed by atoms with van der Waals surface area (Å²) in [6.07, 6.45) is 6.81. The van der Waals surface area contributed by atoms with Gasteiger partial charge in [0.15, 0.2) is 11.5 Å². The molecule has 0 unspecified atom stereocenters. The summed E-state index contributed by atoms with van der Waals surface area (Å²) in [4.78, 5) is 22.6. The van der Waals surface area contributed by atoms with Crippen LogP contribution in [0, 0.1) is 0 Å². The fourth-order valence-electron chi connectivity index (χ4n) is 3.59. The molecular formula is C20H22N2O3S. The average Bonchev–Trinajstić information content (AvgIpc) is 2.94. The Balaban J connectivity index is 1.83. The van der Waals surface area contributed by atoms with E-state index in [1.807, 2.05) is 6.92 Å². The summed E-state index contributed by atoms with van der Waals surface area (Å²) in [6, 6.07) is 5.02. The van der Waals surface area contributed by atoms with Gasteiger partial charge in [0, 0.05) is 10.4 Å². The average molecular weight is 370 g/mol. The highest BCUT2D eigenvalue weighted by atomic mass is 32.1. The number of hydrogen-bond acceptors (Lipinski definition) is 5. The quantitative estimate of drug-likeness (QED) is 0.716. The number of rotatable bonds is 3. The molecule has 0 radical (unpaired) electrons. The van der Waals surface area contributed by atoms with Crippen molar-refractivity contribution in [1.82, 2.24) is 9.97 Å². The van der Waals surface area contributed by atoms with Gasteiger partial charge in [0.1, 0.15) is 10.7 Å². The highest BCUT2D eigenvalue weighted by molar-refractivity contribution is 7.18. The minimum atomic E-state index is -0.0749. The zero-order valence-electron chi connectivity index (χ0n) is 14.8. The Kier molecular flexibility index (Phi) is 4.68. The molecule has 2 aromatic heterocycles. The minimum Gasteiger partial charge on any atom is -0.504 e. The van der Waals surface area contributed by atoms with E-state index in [-0.39, 0.29) is 11.3 Å².